The zero-order chi connectivity index (χ0) is 10.7. The van der Waals surface area contributed by atoms with E-state index >= 15 is 0 Å². The molecule has 0 saturated heterocycles. The van der Waals surface area contributed by atoms with Crippen molar-refractivity contribution in [2.45, 2.75) is 32.6 Å². The summed E-state index contributed by atoms with van der Waals surface area (Å²) in [6.07, 6.45) is 2.51. The Labute approximate surface area is 88.7 Å². The first-order valence-electron chi connectivity index (χ1n) is 4.77. The van der Waals surface area contributed by atoms with Crippen LogP contribution in [0.3, 0.4) is 0 Å². The molecule has 0 aromatic rings. The van der Waals surface area contributed by atoms with E-state index in [-0.39, 0.29) is 17.5 Å². The highest BCUT2D eigenvalue weighted by atomic mass is 32.1. The Hall–Kier alpha value is -0.640. The summed E-state index contributed by atoms with van der Waals surface area (Å²) < 4.78 is 0. The van der Waals surface area contributed by atoms with Crippen LogP contribution in [0.15, 0.2) is 0 Å². The lowest BCUT2D eigenvalue weighted by Gasteiger charge is -2.25. The van der Waals surface area contributed by atoms with Crippen LogP contribution in [0.25, 0.3) is 0 Å². The molecule has 0 aliphatic heterocycles. The van der Waals surface area contributed by atoms with Crippen molar-refractivity contribution in [2.24, 2.45) is 11.8 Å². The largest absolute Gasteiger partial charge is 0.300 e. The molecule has 0 radical (unpaired) electrons. The van der Waals surface area contributed by atoms with E-state index in [1.54, 1.807) is 0 Å². The molecule has 0 aromatic carbocycles. The summed E-state index contributed by atoms with van der Waals surface area (Å²) in [5.41, 5.74) is 0. The Morgan fingerprint density at radius 3 is 2.57 bits per heavy atom. The van der Waals surface area contributed by atoms with Crippen molar-refractivity contribution in [3.8, 4) is 0 Å². The van der Waals surface area contributed by atoms with Gasteiger partial charge < -0.3 is 0 Å². The summed E-state index contributed by atoms with van der Waals surface area (Å²) in [4.78, 5) is 33.5. The number of thiol groups is 1. The Kier molecular flexibility index (Phi) is 3.86. The van der Waals surface area contributed by atoms with Crippen molar-refractivity contribution in [1.82, 2.24) is 0 Å². The van der Waals surface area contributed by atoms with E-state index in [1.807, 2.05) is 0 Å². The molecule has 2 atom stereocenters. The topological polar surface area (TPSA) is 51.2 Å². The average Bonchev–Trinajstić information content (AvgIpc) is 2.02. The smallest absolute Gasteiger partial charge is 0.196 e. The van der Waals surface area contributed by atoms with Crippen LogP contribution >= 0.6 is 12.6 Å². The molecule has 1 aliphatic rings. The summed E-state index contributed by atoms with van der Waals surface area (Å²) in [5, 5.41) is -0.405. The normalized spacial score (nSPS) is 24.4. The maximum absolute atomic E-state index is 11.2. The van der Waals surface area contributed by atoms with Gasteiger partial charge in [-0.15, -0.1) is 12.6 Å². The quantitative estimate of drug-likeness (QED) is 0.571. The average molecular weight is 214 g/mol. The van der Waals surface area contributed by atoms with Gasteiger partial charge in [0.15, 0.2) is 5.12 Å². The predicted octanol–water partition coefficient (Wildman–Crippen LogP) is 1.41. The van der Waals surface area contributed by atoms with Gasteiger partial charge in [0.25, 0.3) is 0 Å². The Balaban J connectivity index is 2.72. The van der Waals surface area contributed by atoms with Gasteiger partial charge >= 0.3 is 0 Å². The van der Waals surface area contributed by atoms with Crippen molar-refractivity contribution < 1.29 is 14.4 Å². The van der Waals surface area contributed by atoms with E-state index in [2.05, 4.69) is 12.6 Å². The summed E-state index contributed by atoms with van der Waals surface area (Å²) in [6.45, 7) is 1.39. The van der Waals surface area contributed by atoms with E-state index < -0.39 is 11.0 Å². The predicted molar refractivity (Wildman–Crippen MR) is 55.1 cm³/mol. The van der Waals surface area contributed by atoms with Gasteiger partial charge in [0.05, 0.1) is 5.92 Å². The molecule has 1 fully saturated rings. The molecule has 3 nitrogen and oxygen atoms in total. The monoisotopic (exact) mass is 214 g/mol. The second-order valence-corrected chi connectivity index (χ2v) is 4.26. The fourth-order valence-electron chi connectivity index (χ4n) is 2.05. The van der Waals surface area contributed by atoms with Gasteiger partial charge in [0.2, 0.25) is 0 Å². The molecule has 2 unspecified atom stereocenters. The molecular weight excluding hydrogens is 200 g/mol. The number of carbonyl (C=O) groups is 3. The molecule has 14 heavy (non-hydrogen) atoms. The van der Waals surface area contributed by atoms with Gasteiger partial charge in [-0.3, -0.25) is 14.4 Å². The van der Waals surface area contributed by atoms with Gasteiger partial charge in [0.1, 0.15) is 11.6 Å². The fraction of sp³-hybridized carbons (Fsp3) is 0.700. The van der Waals surface area contributed by atoms with Crippen LogP contribution in [-0.2, 0) is 14.4 Å². The van der Waals surface area contributed by atoms with Crippen LogP contribution in [-0.4, -0.2) is 16.7 Å². The van der Waals surface area contributed by atoms with Crippen LogP contribution in [0, 0.1) is 11.8 Å². The zero-order valence-corrected chi connectivity index (χ0v) is 9.05. The number of rotatable bonds is 3. The lowest BCUT2D eigenvalue weighted by Crippen LogP contribution is -2.31. The first-order valence-corrected chi connectivity index (χ1v) is 5.22. The molecule has 0 aromatic heterocycles. The van der Waals surface area contributed by atoms with Crippen molar-refractivity contribution in [2.75, 3.05) is 0 Å². The molecule has 0 spiro atoms. The van der Waals surface area contributed by atoms with Crippen LogP contribution in [0.1, 0.15) is 32.6 Å². The second kappa shape index (κ2) is 4.73. The highest BCUT2D eigenvalue weighted by Gasteiger charge is 2.33. The minimum atomic E-state index is -0.678. The third-order valence-corrected chi connectivity index (χ3v) is 2.97. The number of hydrogen-bond acceptors (Lipinski definition) is 3. The molecule has 4 heteroatoms. The van der Waals surface area contributed by atoms with E-state index in [0.717, 1.165) is 12.8 Å². The molecule has 0 bridgehead atoms. The molecule has 1 saturated carbocycles. The summed E-state index contributed by atoms with van der Waals surface area (Å²) >= 11 is 3.70. The Morgan fingerprint density at radius 2 is 2.14 bits per heavy atom. The highest BCUT2D eigenvalue weighted by Crippen LogP contribution is 2.30. The summed E-state index contributed by atoms with van der Waals surface area (Å²) in [5.74, 6) is -0.812. The minimum Gasteiger partial charge on any atom is -0.300 e. The van der Waals surface area contributed by atoms with Crippen LogP contribution in [0.4, 0.5) is 0 Å². The molecule has 0 amide bonds. The Bertz CT molecular complexity index is 259. The van der Waals surface area contributed by atoms with Crippen LogP contribution in [0.5, 0.6) is 0 Å². The van der Waals surface area contributed by atoms with Crippen molar-refractivity contribution >= 4 is 29.3 Å². The van der Waals surface area contributed by atoms with E-state index in [1.165, 1.54) is 6.92 Å². The van der Waals surface area contributed by atoms with Gasteiger partial charge in [0, 0.05) is 12.8 Å². The van der Waals surface area contributed by atoms with E-state index in [4.69, 9.17) is 0 Å². The lowest BCUT2D eigenvalue weighted by molar-refractivity contribution is -0.131. The minimum absolute atomic E-state index is 0.112. The fourth-order valence-corrected chi connectivity index (χ4v) is 2.44. The molecule has 1 aliphatic carbocycles. The standard InChI is InChI=1S/C10H14O3S/c1-6(11)9(10(13)14)7-3-2-4-8(12)5-7/h7,9H,2-5H2,1H3,(H,13,14). The number of carbonyl (C=O) groups excluding carboxylic acids is 3. The molecule has 78 valence electrons. The lowest BCUT2D eigenvalue weighted by atomic mass is 9.78. The third kappa shape index (κ3) is 2.67. The Morgan fingerprint density at radius 1 is 1.50 bits per heavy atom. The van der Waals surface area contributed by atoms with Gasteiger partial charge in [-0.05, 0) is 25.7 Å². The number of hydrogen-bond donors (Lipinski definition) is 1. The third-order valence-electron chi connectivity index (χ3n) is 2.70. The molecule has 0 heterocycles. The highest BCUT2D eigenvalue weighted by molar-refractivity contribution is 7.96. The van der Waals surface area contributed by atoms with E-state index in [9.17, 15) is 14.4 Å². The SMILES string of the molecule is CC(=O)C(C(=O)S)C1CCCC(=O)C1. The molecule has 0 N–H and O–H groups in total. The summed E-state index contributed by atoms with van der Waals surface area (Å²) in [6, 6.07) is 0. The molecule has 1 rings (SSSR count). The van der Waals surface area contributed by atoms with Crippen molar-refractivity contribution in [3.63, 3.8) is 0 Å². The first kappa shape index (κ1) is 11.4. The van der Waals surface area contributed by atoms with Crippen molar-refractivity contribution in [3.05, 3.63) is 0 Å². The first-order chi connectivity index (χ1) is 6.52. The molecular formula is C10H14O3S. The van der Waals surface area contributed by atoms with Crippen LogP contribution < -0.4 is 0 Å². The number of ketones is 2. The van der Waals surface area contributed by atoms with Gasteiger partial charge in [-0.25, -0.2) is 0 Å². The second-order valence-electron chi connectivity index (χ2n) is 3.82. The van der Waals surface area contributed by atoms with Crippen LogP contribution in [0.2, 0.25) is 0 Å². The van der Waals surface area contributed by atoms with E-state index in [0.29, 0.717) is 12.8 Å². The summed E-state index contributed by atoms with van der Waals surface area (Å²) in [7, 11) is 0. The maximum atomic E-state index is 11.2. The van der Waals surface area contributed by atoms with Gasteiger partial charge in [-0.1, -0.05) is 0 Å². The maximum Gasteiger partial charge on any atom is 0.196 e. The van der Waals surface area contributed by atoms with Crippen molar-refractivity contribution in [1.29, 1.82) is 0 Å². The van der Waals surface area contributed by atoms with Gasteiger partial charge in [-0.2, -0.15) is 0 Å². The zero-order valence-electron chi connectivity index (χ0n) is 8.16. The number of Topliss-reactive ketones (excluding diaryl/α,β-unsaturated/α-hetero) is 2.